The largest absolute Gasteiger partial charge is 0.330 e. The third kappa shape index (κ3) is 4.91. The van der Waals surface area contributed by atoms with E-state index in [1.54, 1.807) is 0 Å². The third-order valence-electron chi connectivity index (χ3n) is 1.26. The minimum atomic E-state index is -2.84. The fraction of sp³-hybridized carbons (Fsp3) is 0.875. The average Bonchev–Trinajstić information content (AvgIpc) is 2.11. The predicted molar refractivity (Wildman–Crippen MR) is 50.3 cm³/mol. The summed E-state index contributed by atoms with van der Waals surface area (Å²) in [6.45, 7) is 8.45. The van der Waals surface area contributed by atoms with Crippen LogP contribution in [0.2, 0.25) is 0 Å². The van der Waals surface area contributed by atoms with E-state index >= 15 is 0 Å². The van der Waals surface area contributed by atoms with Crippen LogP contribution in [0.15, 0.2) is 0 Å². The molecule has 0 aromatic heterocycles. The van der Waals surface area contributed by atoms with E-state index in [0.29, 0.717) is 13.2 Å². The Morgan fingerprint density at radius 2 is 1.58 bits per heavy atom. The van der Waals surface area contributed by atoms with Crippen molar-refractivity contribution in [1.82, 2.24) is 0 Å². The predicted octanol–water partition coefficient (Wildman–Crippen LogP) is 2.87. The summed E-state index contributed by atoms with van der Waals surface area (Å²) in [5, 5.41) is 0. The van der Waals surface area contributed by atoms with Crippen LogP contribution in [0.4, 0.5) is 0 Å². The van der Waals surface area contributed by atoms with Gasteiger partial charge in [0.1, 0.15) is 0 Å². The van der Waals surface area contributed by atoms with Gasteiger partial charge >= 0.3 is 7.60 Å². The van der Waals surface area contributed by atoms with Crippen molar-refractivity contribution in [2.75, 3.05) is 19.4 Å². The fourth-order valence-electron chi connectivity index (χ4n) is 0.627. The lowest BCUT2D eigenvalue weighted by Crippen LogP contribution is -2.00. The summed E-state index contributed by atoms with van der Waals surface area (Å²) in [4.78, 5) is 0. The number of hydrogen-bond acceptors (Lipinski definition) is 3. The van der Waals surface area contributed by atoms with E-state index in [2.05, 4.69) is 6.92 Å². The monoisotopic (exact) mass is 193 g/mol. The van der Waals surface area contributed by atoms with E-state index in [-0.39, 0.29) is 6.16 Å². The second kappa shape index (κ2) is 6.64. The Kier molecular flexibility index (Phi) is 6.73. The van der Waals surface area contributed by atoms with Gasteiger partial charge in [-0.15, -0.1) is 0 Å². The Labute approximate surface area is 75.0 Å². The van der Waals surface area contributed by atoms with Gasteiger partial charge in [-0.2, -0.15) is 0 Å². The fourth-order valence-corrected chi connectivity index (χ4v) is 1.88. The van der Waals surface area contributed by atoms with Crippen LogP contribution < -0.4 is 0 Å². The molecular weight excluding hydrogens is 175 g/mol. The van der Waals surface area contributed by atoms with E-state index in [1.165, 1.54) is 0 Å². The summed E-state index contributed by atoms with van der Waals surface area (Å²) < 4.78 is 21.8. The zero-order valence-electron chi connectivity index (χ0n) is 7.91. The Morgan fingerprint density at radius 3 is 1.83 bits per heavy atom. The summed E-state index contributed by atoms with van der Waals surface area (Å²) in [5.74, 6) is 0. The molecule has 0 spiro atoms. The molecule has 3 nitrogen and oxygen atoms in total. The van der Waals surface area contributed by atoms with Crippen LogP contribution in [0.25, 0.3) is 0 Å². The van der Waals surface area contributed by atoms with Crippen molar-refractivity contribution in [2.45, 2.75) is 26.7 Å². The maximum atomic E-state index is 11.6. The second-order valence-corrected chi connectivity index (χ2v) is 4.69. The first-order valence-electron chi connectivity index (χ1n) is 4.36. The highest BCUT2D eigenvalue weighted by atomic mass is 31.2. The molecule has 0 unspecified atom stereocenters. The van der Waals surface area contributed by atoms with Crippen LogP contribution >= 0.6 is 7.60 Å². The molecule has 0 aromatic carbocycles. The Hall–Kier alpha value is 0.150. The van der Waals surface area contributed by atoms with Gasteiger partial charge in [0, 0.05) is 0 Å². The SMILES string of the molecule is [CH2]CP(=O)(OCCC)OCCC. The van der Waals surface area contributed by atoms with Gasteiger partial charge in [-0.3, -0.25) is 4.57 Å². The summed E-state index contributed by atoms with van der Waals surface area (Å²) >= 11 is 0. The van der Waals surface area contributed by atoms with Crippen LogP contribution in [0.3, 0.4) is 0 Å². The summed E-state index contributed by atoms with van der Waals surface area (Å²) in [7, 11) is -2.84. The van der Waals surface area contributed by atoms with Crippen LogP contribution in [-0.4, -0.2) is 19.4 Å². The molecule has 0 aliphatic carbocycles. The van der Waals surface area contributed by atoms with Crippen LogP contribution in [0.5, 0.6) is 0 Å². The molecule has 0 atom stereocenters. The van der Waals surface area contributed by atoms with E-state index in [0.717, 1.165) is 12.8 Å². The van der Waals surface area contributed by atoms with Gasteiger partial charge in [-0.1, -0.05) is 13.8 Å². The van der Waals surface area contributed by atoms with Gasteiger partial charge in [-0.25, -0.2) is 0 Å². The second-order valence-electron chi connectivity index (χ2n) is 2.50. The quantitative estimate of drug-likeness (QED) is 0.583. The summed E-state index contributed by atoms with van der Waals surface area (Å²) in [5.41, 5.74) is 0. The van der Waals surface area contributed by atoms with Gasteiger partial charge in [0.2, 0.25) is 0 Å². The first kappa shape index (κ1) is 12.2. The van der Waals surface area contributed by atoms with Crippen molar-refractivity contribution in [3.63, 3.8) is 0 Å². The van der Waals surface area contributed by atoms with Gasteiger partial charge in [0.05, 0.1) is 19.4 Å². The van der Waals surface area contributed by atoms with Crippen molar-refractivity contribution in [1.29, 1.82) is 0 Å². The molecule has 0 rings (SSSR count). The molecule has 4 heteroatoms. The topological polar surface area (TPSA) is 35.5 Å². The molecule has 12 heavy (non-hydrogen) atoms. The van der Waals surface area contributed by atoms with E-state index < -0.39 is 7.60 Å². The van der Waals surface area contributed by atoms with Crippen molar-refractivity contribution < 1.29 is 13.6 Å². The maximum absolute atomic E-state index is 11.6. The minimum Gasteiger partial charge on any atom is -0.309 e. The molecular formula is C8H18O3P. The van der Waals surface area contributed by atoms with E-state index in [9.17, 15) is 4.57 Å². The van der Waals surface area contributed by atoms with E-state index in [1.807, 2.05) is 13.8 Å². The highest BCUT2D eigenvalue weighted by molar-refractivity contribution is 7.53. The Morgan fingerprint density at radius 1 is 1.17 bits per heavy atom. The lowest BCUT2D eigenvalue weighted by molar-refractivity contribution is 0.206. The molecule has 0 aromatic rings. The molecule has 1 radical (unpaired) electrons. The minimum absolute atomic E-state index is 0.215. The summed E-state index contributed by atoms with van der Waals surface area (Å²) in [6.07, 6.45) is 1.91. The van der Waals surface area contributed by atoms with Crippen LogP contribution in [0.1, 0.15) is 26.7 Å². The lowest BCUT2D eigenvalue weighted by Gasteiger charge is -2.15. The first-order chi connectivity index (χ1) is 5.68. The first-order valence-corrected chi connectivity index (χ1v) is 6.08. The molecule has 0 aliphatic rings. The number of hydrogen-bond donors (Lipinski definition) is 0. The molecule has 0 amide bonds. The molecule has 0 fully saturated rings. The standard InChI is InChI=1S/C8H18O3P/c1-4-7-10-12(9,6-3)11-8-5-2/h3-8H2,1-2H3. The van der Waals surface area contributed by atoms with Crippen molar-refractivity contribution >= 4 is 7.60 Å². The van der Waals surface area contributed by atoms with Crippen LogP contribution in [0, 0.1) is 6.92 Å². The van der Waals surface area contributed by atoms with Gasteiger partial charge in [0.25, 0.3) is 0 Å². The lowest BCUT2D eigenvalue weighted by atomic mass is 10.5. The Balaban J connectivity index is 3.79. The van der Waals surface area contributed by atoms with Crippen LogP contribution in [-0.2, 0) is 13.6 Å². The zero-order valence-corrected chi connectivity index (χ0v) is 8.81. The number of rotatable bonds is 7. The summed E-state index contributed by atoms with van der Waals surface area (Å²) in [6, 6.07) is 0. The van der Waals surface area contributed by atoms with E-state index in [4.69, 9.17) is 9.05 Å². The van der Waals surface area contributed by atoms with Crippen molar-refractivity contribution in [3.05, 3.63) is 6.92 Å². The van der Waals surface area contributed by atoms with Crippen molar-refractivity contribution in [3.8, 4) is 0 Å². The molecule has 0 N–H and O–H groups in total. The molecule has 0 saturated carbocycles. The molecule has 0 aliphatic heterocycles. The molecule has 0 bridgehead atoms. The highest BCUT2D eigenvalue weighted by Gasteiger charge is 2.20. The van der Waals surface area contributed by atoms with Gasteiger partial charge in [-0.05, 0) is 19.8 Å². The Bertz CT molecular complexity index is 135. The molecule has 0 saturated heterocycles. The smallest absolute Gasteiger partial charge is 0.309 e. The zero-order chi connectivity index (χ0) is 9.45. The van der Waals surface area contributed by atoms with Gasteiger partial charge in [0.15, 0.2) is 0 Å². The molecule has 0 heterocycles. The normalized spacial score (nSPS) is 11.9. The van der Waals surface area contributed by atoms with Crippen molar-refractivity contribution in [2.24, 2.45) is 0 Å². The third-order valence-corrected chi connectivity index (χ3v) is 2.96. The maximum Gasteiger partial charge on any atom is 0.330 e. The highest BCUT2D eigenvalue weighted by Crippen LogP contribution is 2.47. The average molecular weight is 193 g/mol. The van der Waals surface area contributed by atoms with Gasteiger partial charge < -0.3 is 9.05 Å². The molecule has 73 valence electrons.